The molecule has 0 bridgehead atoms. The molecule has 1 saturated heterocycles. The number of amides is 1. The van der Waals surface area contributed by atoms with Crippen LogP contribution in [-0.2, 0) is 9.53 Å². The molecule has 2 N–H and O–H groups in total. The van der Waals surface area contributed by atoms with Gasteiger partial charge >= 0.3 is 12.1 Å². The van der Waals surface area contributed by atoms with Crippen molar-refractivity contribution in [2.24, 2.45) is 11.8 Å². The Labute approximate surface area is 171 Å². The van der Waals surface area contributed by atoms with Gasteiger partial charge in [0, 0.05) is 44.0 Å². The van der Waals surface area contributed by atoms with E-state index in [0.717, 1.165) is 25.5 Å². The molecule has 4 rings (SSSR count). The first kappa shape index (κ1) is 22.4. The highest BCUT2D eigenvalue weighted by atomic mass is 19.4. The number of carbonyl (C=O) groups excluding carboxylic acids is 1. The van der Waals surface area contributed by atoms with Crippen molar-refractivity contribution < 1.29 is 32.6 Å². The lowest BCUT2D eigenvalue weighted by Crippen LogP contribution is -2.52. The Kier molecular flexibility index (Phi) is 7.24. The van der Waals surface area contributed by atoms with Crippen molar-refractivity contribution in [3.05, 3.63) is 24.3 Å². The summed E-state index contributed by atoms with van der Waals surface area (Å²) in [5, 5.41) is 10.1. The van der Waals surface area contributed by atoms with E-state index in [2.05, 4.69) is 20.2 Å². The van der Waals surface area contributed by atoms with E-state index in [0.29, 0.717) is 24.2 Å². The first-order chi connectivity index (χ1) is 14.3. The van der Waals surface area contributed by atoms with E-state index in [1.165, 1.54) is 32.0 Å². The van der Waals surface area contributed by atoms with Crippen molar-refractivity contribution in [3.8, 4) is 0 Å². The van der Waals surface area contributed by atoms with Gasteiger partial charge in [0.25, 0.3) is 5.91 Å². The zero-order chi connectivity index (χ0) is 21.7. The Bertz CT molecular complexity index is 730. The minimum absolute atomic E-state index is 0.146. The number of carboxylic acids is 1. The Hall–Kier alpha value is -2.27. The largest absolute Gasteiger partial charge is 0.490 e. The number of rotatable bonds is 5. The zero-order valence-electron chi connectivity index (χ0n) is 16.3. The molecule has 3 unspecified atom stereocenters. The number of nitrogens with one attached hydrogen (secondary N) is 1. The van der Waals surface area contributed by atoms with Gasteiger partial charge in [-0.05, 0) is 31.6 Å². The highest BCUT2D eigenvalue weighted by Crippen LogP contribution is 2.37. The average molecular weight is 430 g/mol. The van der Waals surface area contributed by atoms with Crippen LogP contribution >= 0.6 is 0 Å². The first-order valence-corrected chi connectivity index (χ1v) is 9.95. The van der Waals surface area contributed by atoms with Gasteiger partial charge in [-0.25, -0.2) is 9.78 Å². The Morgan fingerprint density at radius 3 is 2.57 bits per heavy atom. The Balaban J connectivity index is 0.000000318. The number of fused-ring (bicyclic) bond motifs is 1. The second kappa shape index (κ2) is 9.69. The SMILES string of the molecule is O=C(NCC1CCC2C1OCCN2CC1CC1)c1cnccn1.O=C(O)C(F)(F)F. The number of morpholine rings is 1. The summed E-state index contributed by atoms with van der Waals surface area (Å²) in [5.41, 5.74) is 0.377. The van der Waals surface area contributed by atoms with Gasteiger partial charge in [0.15, 0.2) is 0 Å². The van der Waals surface area contributed by atoms with E-state index >= 15 is 0 Å². The highest BCUT2D eigenvalue weighted by Gasteiger charge is 2.43. The quantitative estimate of drug-likeness (QED) is 0.733. The molecule has 1 aliphatic heterocycles. The number of ether oxygens (including phenoxy) is 1. The lowest BCUT2D eigenvalue weighted by atomic mass is 10.0. The van der Waals surface area contributed by atoms with Crippen molar-refractivity contribution in [2.45, 2.75) is 44.0 Å². The van der Waals surface area contributed by atoms with Crippen molar-refractivity contribution in [3.63, 3.8) is 0 Å². The zero-order valence-corrected chi connectivity index (χ0v) is 16.3. The summed E-state index contributed by atoms with van der Waals surface area (Å²) in [6.45, 7) is 3.79. The Morgan fingerprint density at radius 2 is 1.97 bits per heavy atom. The number of alkyl halides is 3. The van der Waals surface area contributed by atoms with Gasteiger partial charge in [0.2, 0.25) is 0 Å². The predicted octanol–water partition coefficient (Wildman–Crippen LogP) is 1.73. The molecular weight excluding hydrogens is 405 g/mol. The Morgan fingerprint density at radius 1 is 1.23 bits per heavy atom. The van der Waals surface area contributed by atoms with Gasteiger partial charge in [0.1, 0.15) is 5.69 Å². The number of nitrogens with zero attached hydrogens (tertiary/aromatic N) is 3. The maximum absolute atomic E-state index is 12.1. The highest BCUT2D eigenvalue weighted by molar-refractivity contribution is 5.91. The topological polar surface area (TPSA) is 105 Å². The summed E-state index contributed by atoms with van der Waals surface area (Å²) >= 11 is 0. The number of hydrogen-bond donors (Lipinski definition) is 2. The van der Waals surface area contributed by atoms with Gasteiger partial charge in [-0.3, -0.25) is 14.7 Å². The molecule has 0 radical (unpaired) electrons. The van der Waals surface area contributed by atoms with E-state index in [4.69, 9.17) is 14.6 Å². The fourth-order valence-corrected chi connectivity index (χ4v) is 3.94. The van der Waals surface area contributed by atoms with Crippen molar-refractivity contribution >= 4 is 11.9 Å². The molecule has 2 saturated carbocycles. The molecule has 2 heterocycles. The number of aliphatic carboxylic acids is 1. The number of carboxylic acid groups (broad SMARTS) is 1. The van der Waals surface area contributed by atoms with Crippen LogP contribution in [0.2, 0.25) is 0 Å². The normalized spacial score (nSPS) is 26.3. The van der Waals surface area contributed by atoms with Crippen LogP contribution in [0.15, 0.2) is 18.6 Å². The molecule has 3 fully saturated rings. The number of carbonyl (C=O) groups is 2. The third kappa shape index (κ3) is 6.11. The van der Waals surface area contributed by atoms with E-state index in [9.17, 15) is 18.0 Å². The van der Waals surface area contributed by atoms with Gasteiger partial charge in [-0.2, -0.15) is 13.2 Å². The maximum atomic E-state index is 12.1. The summed E-state index contributed by atoms with van der Waals surface area (Å²) in [4.78, 5) is 31.6. The molecule has 166 valence electrons. The van der Waals surface area contributed by atoms with Crippen LogP contribution in [0.5, 0.6) is 0 Å². The summed E-state index contributed by atoms with van der Waals surface area (Å²) < 4.78 is 37.8. The standard InChI is InChI=1S/C17H24N4O2.C2HF3O2/c22-17(14-10-18-5-6-19-14)20-9-13-3-4-15-16(13)23-8-7-21(15)11-12-1-2-12;3-2(4,5)1(6)7/h5-6,10,12-13,15-16H,1-4,7-9,11H2,(H,20,22);(H,6,7). The van der Waals surface area contributed by atoms with Gasteiger partial charge in [-0.1, -0.05) is 0 Å². The average Bonchev–Trinajstić information content (AvgIpc) is 3.43. The summed E-state index contributed by atoms with van der Waals surface area (Å²) in [7, 11) is 0. The van der Waals surface area contributed by atoms with Crippen LogP contribution in [-0.4, -0.2) is 76.4 Å². The lowest BCUT2D eigenvalue weighted by Gasteiger charge is -2.39. The van der Waals surface area contributed by atoms with E-state index < -0.39 is 12.1 Å². The molecule has 0 aromatic carbocycles. The lowest BCUT2D eigenvalue weighted by molar-refractivity contribution is -0.192. The monoisotopic (exact) mass is 430 g/mol. The van der Waals surface area contributed by atoms with E-state index in [1.54, 1.807) is 12.4 Å². The van der Waals surface area contributed by atoms with E-state index in [-0.39, 0.29) is 12.0 Å². The third-order valence-corrected chi connectivity index (χ3v) is 5.59. The minimum Gasteiger partial charge on any atom is -0.475 e. The molecule has 30 heavy (non-hydrogen) atoms. The molecule has 8 nitrogen and oxygen atoms in total. The van der Waals surface area contributed by atoms with Crippen LogP contribution in [0, 0.1) is 11.8 Å². The number of halogens is 3. The predicted molar refractivity (Wildman–Crippen MR) is 98.6 cm³/mol. The number of hydrogen-bond acceptors (Lipinski definition) is 6. The van der Waals surface area contributed by atoms with Crippen molar-refractivity contribution in [1.29, 1.82) is 0 Å². The molecule has 3 aliphatic rings. The fraction of sp³-hybridized carbons (Fsp3) is 0.684. The number of aromatic nitrogens is 2. The molecular formula is C19H25F3N4O4. The van der Waals surface area contributed by atoms with Gasteiger partial charge in [0.05, 0.1) is 18.9 Å². The molecule has 1 aromatic rings. The second-order valence-electron chi connectivity index (χ2n) is 7.78. The van der Waals surface area contributed by atoms with Crippen molar-refractivity contribution in [2.75, 3.05) is 26.2 Å². The first-order valence-electron chi connectivity index (χ1n) is 9.95. The molecule has 0 spiro atoms. The maximum Gasteiger partial charge on any atom is 0.490 e. The van der Waals surface area contributed by atoms with Crippen LogP contribution in [0.3, 0.4) is 0 Å². The summed E-state index contributed by atoms with van der Waals surface area (Å²) in [6, 6.07) is 0.544. The summed E-state index contributed by atoms with van der Waals surface area (Å²) in [6.07, 6.45) is 4.90. The smallest absolute Gasteiger partial charge is 0.475 e. The van der Waals surface area contributed by atoms with Gasteiger partial charge < -0.3 is 15.2 Å². The van der Waals surface area contributed by atoms with Crippen LogP contribution < -0.4 is 5.32 Å². The molecule has 11 heteroatoms. The molecule has 1 amide bonds. The van der Waals surface area contributed by atoms with Crippen LogP contribution in [0.1, 0.15) is 36.2 Å². The third-order valence-electron chi connectivity index (χ3n) is 5.59. The summed E-state index contributed by atoms with van der Waals surface area (Å²) in [5.74, 6) is -1.58. The minimum atomic E-state index is -5.08. The van der Waals surface area contributed by atoms with Crippen LogP contribution in [0.4, 0.5) is 13.2 Å². The van der Waals surface area contributed by atoms with Crippen LogP contribution in [0.25, 0.3) is 0 Å². The molecule has 2 aliphatic carbocycles. The fourth-order valence-electron chi connectivity index (χ4n) is 3.94. The van der Waals surface area contributed by atoms with E-state index in [1.807, 2.05) is 0 Å². The second-order valence-corrected chi connectivity index (χ2v) is 7.78. The molecule has 3 atom stereocenters. The van der Waals surface area contributed by atoms with Crippen molar-refractivity contribution in [1.82, 2.24) is 20.2 Å². The van der Waals surface area contributed by atoms with Gasteiger partial charge in [-0.15, -0.1) is 0 Å². The molecule has 1 aromatic heterocycles.